The number of rotatable bonds is 2. The Labute approximate surface area is 107 Å². The van der Waals surface area contributed by atoms with E-state index in [-0.39, 0.29) is 16.8 Å². The fourth-order valence-corrected chi connectivity index (χ4v) is 4.01. The van der Waals surface area contributed by atoms with Crippen LogP contribution in [0, 0.1) is 6.92 Å². The number of ether oxygens (including phenoxy) is 1. The third-order valence-electron chi connectivity index (χ3n) is 3.18. The van der Waals surface area contributed by atoms with Gasteiger partial charge in [-0.3, -0.25) is 4.68 Å². The number of hydrogen-bond acceptors (Lipinski definition) is 5. The van der Waals surface area contributed by atoms with Crippen LogP contribution in [0.1, 0.15) is 12.6 Å². The number of hydrogen-bond donors (Lipinski definition) is 1. The third-order valence-corrected chi connectivity index (χ3v) is 5.36. The second-order valence-corrected chi connectivity index (χ2v) is 6.29. The summed E-state index contributed by atoms with van der Waals surface area (Å²) in [7, 11) is -1.93. The Morgan fingerprint density at radius 2 is 2.17 bits per heavy atom. The van der Waals surface area contributed by atoms with Crippen molar-refractivity contribution in [3.63, 3.8) is 0 Å². The van der Waals surface area contributed by atoms with Gasteiger partial charge in [-0.2, -0.15) is 9.40 Å². The first-order valence-corrected chi connectivity index (χ1v) is 7.18. The number of anilines is 1. The Kier molecular flexibility index (Phi) is 3.35. The minimum Gasteiger partial charge on any atom is -0.381 e. The van der Waals surface area contributed by atoms with Crippen molar-refractivity contribution in [1.82, 2.24) is 14.1 Å². The minimum atomic E-state index is -3.61. The van der Waals surface area contributed by atoms with E-state index in [1.807, 2.05) is 6.92 Å². The molecule has 0 spiro atoms. The van der Waals surface area contributed by atoms with Gasteiger partial charge in [0.2, 0.25) is 10.0 Å². The minimum absolute atomic E-state index is 0.0497. The van der Waals surface area contributed by atoms with Crippen molar-refractivity contribution >= 4 is 15.8 Å². The van der Waals surface area contributed by atoms with Gasteiger partial charge in [-0.15, -0.1) is 0 Å². The Bertz CT molecular complexity index is 552. The monoisotopic (exact) mass is 274 g/mol. The SMILES string of the molecule is Cc1c(S(=O)(=O)N2CCOCC2C)c(N)nn1C. The molecule has 2 N–H and O–H groups in total. The maximum absolute atomic E-state index is 12.6. The highest BCUT2D eigenvalue weighted by atomic mass is 32.2. The van der Waals surface area contributed by atoms with Gasteiger partial charge >= 0.3 is 0 Å². The van der Waals surface area contributed by atoms with Crippen molar-refractivity contribution in [2.75, 3.05) is 25.5 Å². The van der Waals surface area contributed by atoms with Crippen molar-refractivity contribution in [2.45, 2.75) is 24.8 Å². The lowest BCUT2D eigenvalue weighted by molar-refractivity contribution is 0.0393. The van der Waals surface area contributed by atoms with Crippen LogP contribution in [0.3, 0.4) is 0 Å². The van der Waals surface area contributed by atoms with Crippen LogP contribution in [0.25, 0.3) is 0 Å². The molecule has 7 nitrogen and oxygen atoms in total. The van der Waals surface area contributed by atoms with Crippen molar-refractivity contribution in [3.8, 4) is 0 Å². The summed E-state index contributed by atoms with van der Waals surface area (Å²) < 4.78 is 33.3. The molecule has 0 aliphatic carbocycles. The highest BCUT2D eigenvalue weighted by Gasteiger charge is 2.35. The molecular formula is C10H18N4O3S. The molecule has 2 rings (SSSR count). The van der Waals surface area contributed by atoms with E-state index in [9.17, 15) is 8.42 Å². The van der Waals surface area contributed by atoms with Crippen LogP contribution in [0.5, 0.6) is 0 Å². The molecule has 1 aliphatic heterocycles. The molecule has 0 amide bonds. The molecule has 2 heterocycles. The van der Waals surface area contributed by atoms with Gasteiger partial charge in [0.15, 0.2) is 5.82 Å². The van der Waals surface area contributed by atoms with E-state index in [1.54, 1.807) is 14.0 Å². The summed E-state index contributed by atoms with van der Waals surface area (Å²) in [5.41, 5.74) is 6.26. The van der Waals surface area contributed by atoms with Crippen molar-refractivity contribution in [2.24, 2.45) is 7.05 Å². The Balaban J connectivity index is 2.47. The Morgan fingerprint density at radius 1 is 1.50 bits per heavy atom. The van der Waals surface area contributed by atoms with E-state index >= 15 is 0 Å². The molecule has 8 heteroatoms. The Morgan fingerprint density at radius 3 is 2.67 bits per heavy atom. The summed E-state index contributed by atoms with van der Waals surface area (Å²) in [4.78, 5) is 0.110. The van der Waals surface area contributed by atoms with Crippen LogP contribution < -0.4 is 5.73 Å². The number of sulfonamides is 1. The van der Waals surface area contributed by atoms with Crippen LogP contribution >= 0.6 is 0 Å². The van der Waals surface area contributed by atoms with Crippen molar-refractivity contribution < 1.29 is 13.2 Å². The average molecular weight is 274 g/mol. The molecule has 1 aliphatic rings. The van der Waals surface area contributed by atoms with Gasteiger partial charge in [0.1, 0.15) is 4.90 Å². The first-order valence-electron chi connectivity index (χ1n) is 5.74. The first kappa shape index (κ1) is 13.3. The smallest absolute Gasteiger partial charge is 0.249 e. The molecule has 1 unspecified atom stereocenters. The highest BCUT2D eigenvalue weighted by molar-refractivity contribution is 7.89. The maximum Gasteiger partial charge on any atom is 0.249 e. The fraction of sp³-hybridized carbons (Fsp3) is 0.700. The average Bonchev–Trinajstić information content (AvgIpc) is 2.53. The van der Waals surface area contributed by atoms with Gasteiger partial charge < -0.3 is 10.5 Å². The van der Waals surface area contributed by atoms with Crippen LogP contribution in [0.4, 0.5) is 5.82 Å². The molecule has 1 aromatic heterocycles. The molecule has 0 bridgehead atoms. The van der Waals surface area contributed by atoms with Gasteiger partial charge in [-0.1, -0.05) is 0 Å². The maximum atomic E-state index is 12.6. The molecule has 0 aromatic carbocycles. The second-order valence-electron chi connectivity index (χ2n) is 4.46. The summed E-state index contributed by atoms with van der Waals surface area (Å²) in [6.45, 7) is 4.67. The van der Waals surface area contributed by atoms with Crippen molar-refractivity contribution in [1.29, 1.82) is 0 Å². The van der Waals surface area contributed by atoms with Crippen LogP contribution in [-0.4, -0.2) is 48.3 Å². The van der Waals surface area contributed by atoms with Gasteiger partial charge in [-0.05, 0) is 13.8 Å². The molecule has 1 saturated heterocycles. The highest BCUT2D eigenvalue weighted by Crippen LogP contribution is 2.27. The zero-order chi connectivity index (χ0) is 13.5. The summed E-state index contributed by atoms with van der Waals surface area (Å²) in [5.74, 6) is 0.0497. The molecule has 102 valence electrons. The largest absolute Gasteiger partial charge is 0.381 e. The molecule has 18 heavy (non-hydrogen) atoms. The van der Waals surface area contributed by atoms with Crippen LogP contribution in [-0.2, 0) is 21.8 Å². The summed E-state index contributed by atoms with van der Waals surface area (Å²) >= 11 is 0. The molecule has 1 atom stereocenters. The molecule has 1 aromatic rings. The molecule has 0 radical (unpaired) electrons. The lowest BCUT2D eigenvalue weighted by atomic mass is 10.3. The quantitative estimate of drug-likeness (QED) is 0.801. The molecule has 0 saturated carbocycles. The van der Waals surface area contributed by atoms with E-state index < -0.39 is 10.0 Å². The van der Waals surface area contributed by atoms with E-state index in [1.165, 1.54) is 8.99 Å². The van der Waals surface area contributed by atoms with E-state index in [0.717, 1.165) is 0 Å². The lowest BCUT2D eigenvalue weighted by Crippen LogP contribution is -2.47. The van der Waals surface area contributed by atoms with E-state index in [0.29, 0.717) is 25.5 Å². The number of nitrogens with two attached hydrogens (primary N) is 1. The topological polar surface area (TPSA) is 90.4 Å². The summed E-state index contributed by atoms with van der Waals surface area (Å²) in [6, 6.07) is -0.192. The number of nitrogen functional groups attached to an aromatic ring is 1. The van der Waals surface area contributed by atoms with E-state index in [2.05, 4.69) is 5.10 Å². The summed E-state index contributed by atoms with van der Waals surface area (Å²) in [6.07, 6.45) is 0. The molecular weight excluding hydrogens is 256 g/mol. The van der Waals surface area contributed by atoms with Gasteiger partial charge in [0, 0.05) is 19.6 Å². The van der Waals surface area contributed by atoms with E-state index in [4.69, 9.17) is 10.5 Å². The second kappa shape index (κ2) is 4.52. The first-order chi connectivity index (χ1) is 8.35. The number of morpholine rings is 1. The lowest BCUT2D eigenvalue weighted by Gasteiger charge is -2.32. The van der Waals surface area contributed by atoms with Crippen LogP contribution in [0.15, 0.2) is 4.90 Å². The molecule has 1 fully saturated rings. The zero-order valence-electron chi connectivity index (χ0n) is 10.8. The number of aryl methyl sites for hydroxylation is 1. The predicted molar refractivity (Wildman–Crippen MR) is 66.5 cm³/mol. The number of aromatic nitrogens is 2. The number of nitrogens with zero attached hydrogens (tertiary/aromatic N) is 3. The van der Waals surface area contributed by atoms with Crippen LogP contribution in [0.2, 0.25) is 0 Å². The van der Waals surface area contributed by atoms with Gasteiger partial charge in [0.25, 0.3) is 0 Å². The Hall–Kier alpha value is -1.12. The van der Waals surface area contributed by atoms with Gasteiger partial charge in [0.05, 0.1) is 18.9 Å². The fourth-order valence-electron chi connectivity index (χ4n) is 2.12. The predicted octanol–water partition coefficient (Wildman–Crippen LogP) is -0.280. The standard InChI is InChI=1S/C10H18N4O3S/c1-7-6-17-5-4-14(7)18(15,16)9-8(2)13(3)12-10(9)11/h7H,4-6H2,1-3H3,(H2,11,12). The van der Waals surface area contributed by atoms with Gasteiger partial charge in [-0.25, -0.2) is 8.42 Å². The van der Waals surface area contributed by atoms with Crippen molar-refractivity contribution in [3.05, 3.63) is 5.69 Å². The zero-order valence-corrected chi connectivity index (χ0v) is 11.6. The third kappa shape index (κ3) is 2.00. The summed E-state index contributed by atoms with van der Waals surface area (Å²) in [5, 5.41) is 3.95. The normalized spacial score (nSPS) is 22.3.